The lowest BCUT2D eigenvalue weighted by molar-refractivity contribution is 0.0947. The maximum Gasteiger partial charge on any atom is 0.272 e. The Balaban J connectivity index is 1.59. The molecule has 8 nitrogen and oxygen atoms in total. The van der Waals surface area contributed by atoms with E-state index in [-0.39, 0.29) is 11.9 Å². The van der Waals surface area contributed by atoms with Gasteiger partial charge in [0, 0.05) is 23.7 Å². The van der Waals surface area contributed by atoms with Crippen LogP contribution < -0.4 is 15.8 Å². The van der Waals surface area contributed by atoms with Gasteiger partial charge in [-0.25, -0.2) is 9.97 Å². The number of benzene rings is 2. The molecule has 28 heavy (non-hydrogen) atoms. The lowest BCUT2D eigenvalue weighted by Crippen LogP contribution is -2.23. The number of H-pyrrole nitrogens is 1. The number of hydrogen-bond acceptors (Lipinski definition) is 6. The number of nitrogen functional groups attached to an aromatic ring is 1. The molecule has 2 aromatic heterocycles. The van der Waals surface area contributed by atoms with E-state index in [0.29, 0.717) is 23.3 Å². The van der Waals surface area contributed by atoms with Crippen molar-refractivity contribution < 1.29 is 9.53 Å². The van der Waals surface area contributed by atoms with E-state index in [1.54, 1.807) is 19.4 Å². The Labute approximate surface area is 160 Å². The summed E-state index contributed by atoms with van der Waals surface area (Å²) in [6.45, 7) is 0.368. The minimum Gasteiger partial charge on any atom is -0.497 e. The first kappa shape index (κ1) is 17.5. The number of nitrogens with two attached hydrogens (primary N) is 1. The third kappa shape index (κ3) is 3.48. The number of fused-ring (bicyclic) bond motifs is 1. The molecule has 4 aromatic rings. The van der Waals surface area contributed by atoms with Crippen LogP contribution in [0, 0.1) is 0 Å². The zero-order chi connectivity index (χ0) is 19.5. The molecule has 2 heterocycles. The van der Waals surface area contributed by atoms with Gasteiger partial charge in [0.05, 0.1) is 18.3 Å². The molecule has 0 spiro atoms. The van der Waals surface area contributed by atoms with Gasteiger partial charge in [0.15, 0.2) is 5.69 Å². The molecule has 0 atom stereocenters. The topological polar surface area (TPSA) is 119 Å². The number of methoxy groups -OCH3 is 1. The summed E-state index contributed by atoms with van der Waals surface area (Å²) in [6, 6.07) is 14.9. The summed E-state index contributed by atoms with van der Waals surface area (Å²) in [5.74, 6) is 0.667. The molecule has 8 heteroatoms. The lowest BCUT2D eigenvalue weighted by Gasteiger charge is -2.06. The Morgan fingerprint density at radius 1 is 1.21 bits per heavy atom. The van der Waals surface area contributed by atoms with Gasteiger partial charge in [-0.1, -0.05) is 18.2 Å². The van der Waals surface area contributed by atoms with Crippen LogP contribution in [0.15, 0.2) is 54.7 Å². The molecule has 140 valence electrons. The Kier molecular flexibility index (Phi) is 4.59. The number of carbonyl (C=O) groups excluding carboxylic acids is 1. The van der Waals surface area contributed by atoms with Crippen molar-refractivity contribution in [1.29, 1.82) is 0 Å². The second-order valence-electron chi connectivity index (χ2n) is 6.17. The van der Waals surface area contributed by atoms with E-state index in [4.69, 9.17) is 10.5 Å². The second kappa shape index (κ2) is 7.36. The zero-order valence-corrected chi connectivity index (χ0v) is 15.1. The third-order valence-electron chi connectivity index (χ3n) is 4.34. The number of ether oxygens (including phenoxy) is 1. The monoisotopic (exact) mass is 374 g/mol. The van der Waals surface area contributed by atoms with Crippen molar-refractivity contribution >= 4 is 22.8 Å². The SMILES string of the molecule is COc1cccc(CNC(=O)c2n[nH]c3ccc(-c4ccnc(N)n4)cc23)c1. The quantitative estimate of drug-likeness (QED) is 0.494. The number of amides is 1. The van der Waals surface area contributed by atoms with Crippen molar-refractivity contribution in [3.8, 4) is 17.0 Å². The number of nitrogens with zero attached hydrogens (tertiary/aromatic N) is 3. The summed E-state index contributed by atoms with van der Waals surface area (Å²) in [5.41, 5.74) is 9.19. The molecular weight excluding hydrogens is 356 g/mol. The van der Waals surface area contributed by atoms with Crippen LogP contribution in [0.1, 0.15) is 16.1 Å². The molecule has 0 aliphatic rings. The van der Waals surface area contributed by atoms with E-state index in [1.165, 1.54) is 0 Å². The highest BCUT2D eigenvalue weighted by molar-refractivity contribution is 6.05. The van der Waals surface area contributed by atoms with Crippen molar-refractivity contribution in [3.05, 3.63) is 66.0 Å². The van der Waals surface area contributed by atoms with Gasteiger partial charge in [-0.05, 0) is 35.9 Å². The standard InChI is InChI=1S/C20H18N6O2/c1-28-14-4-2-3-12(9-14)11-23-19(27)18-15-10-13(5-6-17(15)25-26-18)16-7-8-22-20(21)24-16/h2-10H,11H2,1H3,(H,23,27)(H,25,26)(H2,21,22,24). The highest BCUT2D eigenvalue weighted by Gasteiger charge is 2.15. The number of rotatable bonds is 5. The highest BCUT2D eigenvalue weighted by Crippen LogP contribution is 2.24. The van der Waals surface area contributed by atoms with Crippen LogP contribution in [0.25, 0.3) is 22.2 Å². The molecule has 2 aromatic carbocycles. The summed E-state index contributed by atoms with van der Waals surface area (Å²) in [6.07, 6.45) is 1.60. The van der Waals surface area contributed by atoms with E-state index < -0.39 is 0 Å². The van der Waals surface area contributed by atoms with Gasteiger partial charge < -0.3 is 15.8 Å². The summed E-state index contributed by atoms with van der Waals surface area (Å²) >= 11 is 0. The molecule has 0 saturated heterocycles. The maximum atomic E-state index is 12.7. The van der Waals surface area contributed by atoms with E-state index in [1.807, 2.05) is 42.5 Å². The van der Waals surface area contributed by atoms with Crippen LogP contribution in [0.5, 0.6) is 5.75 Å². The summed E-state index contributed by atoms with van der Waals surface area (Å²) in [5, 5.41) is 10.7. The number of hydrogen-bond donors (Lipinski definition) is 3. The van der Waals surface area contributed by atoms with Crippen molar-refractivity contribution in [3.63, 3.8) is 0 Å². The maximum absolute atomic E-state index is 12.7. The fourth-order valence-electron chi connectivity index (χ4n) is 2.93. The van der Waals surface area contributed by atoms with E-state index >= 15 is 0 Å². The first-order valence-electron chi connectivity index (χ1n) is 8.62. The Morgan fingerprint density at radius 3 is 2.93 bits per heavy atom. The Bertz CT molecular complexity index is 1150. The van der Waals surface area contributed by atoms with Crippen molar-refractivity contribution in [2.75, 3.05) is 12.8 Å². The Hall–Kier alpha value is -3.94. The fraction of sp³-hybridized carbons (Fsp3) is 0.100. The summed E-state index contributed by atoms with van der Waals surface area (Å²) in [7, 11) is 1.61. The van der Waals surface area contributed by atoms with Gasteiger partial charge in [0.2, 0.25) is 5.95 Å². The molecule has 0 fully saturated rings. The number of carbonyl (C=O) groups is 1. The average molecular weight is 374 g/mol. The molecule has 4 N–H and O–H groups in total. The highest BCUT2D eigenvalue weighted by atomic mass is 16.5. The van der Waals surface area contributed by atoms with Gasteiger partial charge in [-0.15, -0.1) is 0 Å². The van der Waals surface area contributed by atoms with Crippen LogP contribution >= 0.6 is 0 Å². The van der Waals surface area contributed by atoms with Crippen LogP contribution in [0.3, 0.4) is 0 Å². The number of nitrogens with one attached hydrogen (secondary N) is 2. The van der Waals surface area contributed by atoms with E-state index in [0.717, 1.165) is 22.4 Å². The largest absolute Gasteiger partial charge is 0.497 e. The van der Waals surface area contributed by atoms with E-state index in [2.05, 4.69) is 25.5 Å². The van der Waals surface area contributed by atoms with Gasteiger partial charge in [0.25, 0.3) is 5.91 Å². The van der Waals surface area contributed by atoms with Gasteiger partial charge >= 0.3 is 0 Å². The minimum atomic E-state index is -0.270. The molecular formula is C20H18N6O2. The second-order valence-corrected chi connectivity index (χ2v) is 6.17. The minimum absolute atomic E-state index is 0.195. The molecule has 4 rings (SSSR count). The number of aromatic amines is 1. The third-order valence-corrected chi connectivity index (χ3v) is 4.34. The van der Waals surface area contributed by atoms with Crippen LogP contribution in [-0.4, -0.2) is 33.2 Å². The number of anilines is 1. The Morgan fingerprint density at radius 2 is 2.11 bits per heavy atom. The summed E-state index contributed by atoms with van der Waals surface area (Å²) in [4.78, 5) is 20.8. The molecule has 0 saturated carbocycles. The van der Waals surface area contributed by atoms with Gasteiger partial charge in [-0.2, -0.15) is 5.10 Å². The lowest BCUT2D eigenvalue weighted by atomic mass is 10.1. The van der Waals surface area contributed by atoms with E-state index in [9.17, 15) is 4.79 Å². The predicted molar refractivity (Wildman–Crippen MR) is 106 cm³/mol. The predicted octanol–water partition coefficient (Wildman–Crippen LogP) is 2.54. The molecule has 0 aliphatic heterocycles. The smallest absolute Gasteiger partial charge is 0.272 e. The van der Waals surface area contributed by atoms with Crippen molar-refractivity contribution in [2.24, 2.45) is 0 Å². The fourth-order valence-corrected chi connectivity index (χ4v) is 2.93. The van der Waals surface area contributed by atoms with Crippen LogP contribution in [0.4, 0.5) is 5.95 Å². The first-order chi connectivity index (χ1) is 13.6. The average Bonchev–Trinajstić information content (AvgIpc) is 3.15. The molecule has 0 aliphatic carbocycles. The van der Waals surface area contributed by atoms with Gasteiger partial charge in [0.1, 0.15) is 5.75 Å². The first-order valence-corrected chi connectivity index (χ1v) is 8.62. The molecule has 1 amide bonds. The summed E-state index contributed by atoms with van der Waals surface area (Å²) < 4.78 is 5.21. The zero-order valence-electron chi connectivity index (χ0n) is 15.1. The number of aromatic nitrogens is 4. The molecule has 0 bridgehead atoms. The van der Waals surface area contributed by atoms with Crippen LogP contribution in [0.2, 0.25) is 0 Å². The molecule has 0 unspecified atom stereocenters. The van der Waals surface area contributed by atoms with Gasteiger partial charge in [-0.3, -0.25) is 9.89 Å². The van der Waals surface area contributed by atoms with Crippen molar-refractivity contribution in [1.82, 2.24) is 25.5 Å². The molecule has 0 radical (unpaired) electrons. The van der Waals surface area contributed by atoms with Crippen LogP contribution in [-0.2, 0) is 6.54 Å². The van der Waals surface area contributed by atoms with Crippen molar-refractivity contribution in [2.45, 2.75) is 6.54 Å². The normalized spacial score (nSPS) is 10.8.